The fraction of sp³-hybridized carbons (Fsp3) is 0.125. The number of pyridine rings is 1. The summed E-state index contributed by atoms with van der Waals surface area (Å²) >= 11 is 6.86. The number of benzene rings is 2. The van der Waals surface area contributed by atoms with Gasteiger partial charge in [0.15, 0.2) is 11.5 Å². The molecule has 0 bridgehead atoms. The van der Waals surface area contributed by atoms with Gasteiger partial charge in [-0.3, -0.25) is 24.6 Å². The van der Waals surface area contributed by atoms with Crippen LogP contribution in [0.4, 0.5) is 10.5 Å². The van der Waals surface area contributed by atoms with Crippen LogP contribution in [0.2, 0.25) is 5.02 Å². The van der Waals surface area contributed by atoms with E-state index in [1.54, 1.807) is 48.5 Å². The predicted octanol–water partition coefficient (Wildman–Crippen LogP) is 6.07. The molecular formula is C24H18ClN3O6S. The molecule has 1 fully saturated rings. The molecule has 178 valence electrons. The molecule has 1 aliphatic heterocycles. The smallest absolute Gasteiger partial charge is 0.293 e. The van der Waals surface area contributed by atoms with Crippen molar-refractivity contribution in [3.05, 3.63) is 92.0 Å². The second kappa shape index (κ2) is 10.6. The zero-order chi connectivity index (χ0) is 24.9. The van der Waals surface area contributed by atoms with Gasteiger partial charge in [0.25, 0.3) is 16.8 Å². The molecule has 35 heavy (non-hydrogen) atoms. The van der Waals surface area contributed by atoms with Gasteiger partial charge in [0.2, 0.25) is 5.88 Å². The molecule has 2 heterocycles. The first-order chi connectivity index (χ1) is 16.8. The molecule has 4 rings (SSSR count). The second-order valence-corrected chi connectivity index (χ2v) is 8.68. The van der Waals surface area contributed by atoms with Crippen molar-refractivity contribution in [2.45, 2.75) is 13.5 Å². The highest BCUT2D eigenvalue weighted by atomic mass is 35.5. The number of rotatable bonds is 8. The number of amides is 2. The highest BCUT2D eigenvalue weighted by molar-refractivity contribution is 8.18. The van der Waals surface area contributed by atoms with Crippen molar-refractivity contribution < 1.29 is 24.0 Å². The van der Waals surface area contributed by atoms with Crippen molar-refractivity contribution >= 4 is 46.3 Å². The Morgan fingerprint density at radius 3 is 2.66 bits per heavy atom. The summed E-state index contributed by atoms with van der Waals surface area (Å²) in [5.41, 5.74) is 1.23. The lowest BCUT2D eigenvalue weighted by Gasteiger charge is -2.13. The van der Waals surface area contributed by atoms with E-state index >= 15 is 0 Å². The van der Waals surface area contributed by atoms with E-state index in [-0.39, 0.29) is 28.3 Å². The first-order valence-corrected chi connectivity index (χ1v) is 11.6. The summed E-state index contributed by atoms with van der Waals surface area (Å²) in [6.07, 6.45) is 2.71. The number of aromatic nitrogens is 1. The van der Waals surface area contributed by atoms with Crippen molar-refractivity contribution in [2.24, 2.45) is 0 Å². The summed E-state index contributed by atoms with van der Waals surface area (Å²) in [5.74, 6) is 0.499. The third kappa shape index (κ3) is 5.79. The number of halogens is 1. The number of ether oxygens (including phenoxy) is 2. The molecule has 0 aliphatic carbocycles. The number of hydrogen-bond acceptors (Lipinski definition) is 8. The van der Waals surface area contributed by atoms with Crippen molar-refractivity contribution in [1.82, 2.24) is 9.88 Å². The van der Waals surface area contributed by atoms with E-state index < -0.39 is 10.8 Å². The highest BCUT2D eigenvalue weighted by Crippen LogP contribution is 2.36. The second-order valence-electron chi connectivity index (χ2n) is 7.25. The zero-order valence-corrected chi connectivity index (χ0v) is 19.9. The number of carbonyl (C=O) groups is 2. The fourth-order valence-electron chi connectivity index (χ4n) is 3.23. The van der Waals surface area contributed by atoms with Gasteiger partial charge in [-0.1, -0.05) is 29.8 Å². The number of hydrogen-bond donors (Lipinski definition) is 0. The topological polar surface area (TPSA) is 112 Å². The van der Waals surface area contributed by atoms with Crippen molar-refractivity contribution in [3.8, 4) is 17.4 Å². The number of nitro groups is 1. The molecule has 1 aliphatic rings. The van der Waals surface area contributed by atoms with Crippen LogP contribution < -0.4 is 9.47 Å². The lowest BCUT2D eigenvalue weighted by molar-refractivity contribution is -0.385. The predicted molar refractivity (Wildman–Crippen MR) is 132 cm³/mol. The Balaban J connectivity index is 1.54. The normalized spacial score (nSPS) is 14.5. The quantitative estimate of drug-likeness (QED) is 0.203. The van der Waals surface area contributed by atoms with Gasteiger partial charge >= 0.3 is 0 Å². The molecule has 0 saturated carbocycles. The molecule has 0 radical (unpaired) electrons. The summed E-state index contributed by atoms with van der Waals surface area (Å²) in [6, 6.07) is 14.7. The number of nitrogens with zero attached hydrogens (tertiary/aromatic N) is 3. The van der Waals surface area contributed by atoms with Gasteiger partial charge in [-0.2, -0.15) is 0 Å². The number of thioether (sulfide) groups is 1. The molecule has 11 heteroatoms. The molecule has 1 aromatic heterocycles. The minimum atomic E-state index is -0.548. The summed E-state index contributed by atoms with van der Waals surface area (Å²) in [6.45, 7) is 2.28. The molecule has 2 aromatic carbocycles. The molecule has 0 unspecified atom stereocenters. The van der Waals surface area contributed by atoms with Crippen molar-refractivity contribution in [1.29, 1.82) is 0 Å². The molecule has 3 aromatic rings. The van der Waals surface area contributed by atoms with Crippen LogP contribution in [0.25, 0.3) is 6.08 Å². The third-order valence-electron chi connectivity index (χ3n) is 4.81. The van der Waals surface area contributed by atoms with Crippen LogP contribution in [0.15, 0.2) is 65.7 Å². The molecule has 0 N–H and O–H groups in total. The Labute approximate surface area is 209 Å². The molecule has 1 saturated heterocycles. The lowest BCUT2D eigenvalue weighted by atomic mass is 10.1. The largest absolute Gasteiger partial charge is 0.490 e. The van der Waals surface area contributed by atoms with Crippen LogP contribution in [-0.2, 0) is 11.3 Å². The average Bonchev–Trinajstić information content (AvgIpc) is 3.08. The third-order valence-corrected chi connectivity index (χ3v) is 5.96. The maximum absolute atomic E-state index is 12.9. The Morgan fingerprint density at radius 1 is 1.14 bits per heavy atom. The first kappa shape index (κ1) is 24.2. The summed E-state index contributed by atoms with van der Waals surface area (Å²) in [4.78, 5) is 41.0. The minimum Gasteiger partial charge on any atom is -0.490 e. The van der Waals surface area contributed by atoms with Crippen LogP contribution in [0.5, 0.6) is 17.4 Å². The van der Waals surface area contributed by atoms with Crippen LogP contribution >= 0.6 is 23.4 Å². The van der Waals surface area contributed by atoms with Gasteiger partial charge in [0, 0.05) is 17.2 Å². The van der Waals surface area contributed by atoms with E-state index in [1.165, 1.54) is 17.0 Å². The molecule has 9 nitrogen and oxygen atoms in total. The monoisotopic (exact) mass is 511 g/mol. The van der Waals surface area contributed by atoms with Crippen LogP contribution in [-0.4, -0.2) is 32.6 Å². The SMILES string of the molecule is CCOc1cc(/C=C2\SC(=O)N(Cc3cccc(Cl)c3)C2=O)ccc1Oc1ccc([N+](=O)[O-])cn1. The number of carbonyl (C=O) groups excluding carboxylic acids is 2. The van der Waals surface area contributed by atoms with Crippen LogP contribution in [0, 0.1) is 10.1 Å². The Bertz CT molecular complexity index is 1330. The number of imide groups is 1. The molecule has 0 atom stereocenters. The average molecular weight is 512 g/mol. The summed E-state index contributed by atoms with van der Waals surface area (Å²) in [7, 11) is 0. The zero-order valence-electron chi connectivity index (χ0n) is 18.3. The van der Waals surface area contributed by atoms with E-state index in [4.69, 9.17) is 21.1 Å². The van der Waals surface area contributed by atoms with Gasteiger partial charge < -0.3 is 9.47 Å². The molecule has 0 spiro atoms. The Kier molecular flexibility index (Phi) is 7.33. The van der Waals surface area contributed by atoms with Gasteiger partial charge in [-0.25, -0.2) is 4.98 Å². The van der Waals surface area contributed by atoms with Crippen LogP contribution in [0.1, 0.15) is 18.1 Å². The lowest BCUT2D eigenvalue weighted by Crippen LogP contribution is -2.27. The first-order valence-electron chi connectivity index (χ1n) is 10.4. The van der Waals surface area contributed by atoms with E-state index in [0.717, 1.165) is 23.5 Å². The highest BCUT2D eigenvalue weighted by Gasteiger charge is 2.35. The minimum absolute atomic E-state index is 0.127. The Morgan fingerprint density at radius 2 is 1.97 bits per heavy atom. The van der Waals surface area contributed by atoms with Gasteiger partial charge in [0.05, 0.1) is 23.0 Å². The summed E-state index contributed by atoms with van der Waals surface area (Å²) in [5, 5.41) is 11.0. The summed E-state index contributed by atoms with van der Waals surface area (Å²) < 4.78 is 11.4. The molecule has 2 amide bonds. The maximum Gasteiger partial charge on any atom is 0.293 e. The van der Waals surface area contributed by atoms with Crippen LogP contribution in [0.3, 0.4) is 0 Å². The van der Waals surface area contributed by atoms with E-state index in [2.05, 4.69) is 4.98 Å². The van der Waals surface area contributed by atoms with Gasteiger partial charge in [-0.15, -0.1) is 0 Å². The Hall–Kier alpha value is -3.89. The van der Waals surface area contributed by atoms with E-state index in [1.807, 2.05) is 6.92 Å². The van der Waals surface area contributed by atoms with Gasteiger partial charge in [0.1, 0.15) is 6.20 Å². The van der Waals surface area contributed by atoms with Gasteiger partial charge in [-0.05, 0) is 60.2 Å². The fourth-order valence-corrected chi connectivity index (χ4v) is 4.28. The maximum atomic E-state index is 12.9. The standard InChI is InChI=1S/C24H18ClN3O6S/c1-2-33-20-11-15(6-8-19(20)34-22-9-7-18(13-26-22)28(31)32)12-21-23(29)27(24(30)35-21)14-16-4-3-5-17(25)10-16/h3-13H,2,14H2,1H3/b21-12-. The molecular weight excluding hydrogens is 494 g/mol. The van der Waals surface area contributed by atoms with Crippen molar-refractivity contribution in [3.63, 3.8) is 0 Å². The van der Waals surface area contributed by atoms with E-state index in [0.29, 0.717) is 28.7 Å². The van der Waals surface area contributed by atoms with E-state index in [9.17, 15) is 19.7 Å². The van der Waals surface area contributed by atoms with Crippen molar-refractivity contribution in [2.75, 3.05) is 6.61 Å².